The molecular formula is C15H19BrN2O4. The molecule has 0 spiro atoms. The molecule has 1 aromatic rings. The molecule has 3 rings (SSSR count). The summed E-state index contributed by atoms with van der Waals surface area (Å²) in [6, 6.07) is 5.57. The summed E-state index contributed by atoms with van der Waals surface area (Å²) in [5.41, 5.74) is 0.712. The molecule has 1 aromatic carbocycles. The molecule has 1 fully saturated rings. The van der Waals surface area contributed by atoms with E-state index in [0.29, 0.717) is 17.4 Å². The highest BCUT2D eigenvalue weighted by atomic mass is 79.9. The van der Waals surface area contributed by atoms with E-state index in [-0.39, 0.29) is 6.61 Å². The molecule has 1 N–H and O–H groups in total. The van der Waals surface area contributed by atoms with Gasteiger partial charge in [0.25, 0.3) is 0 Å². The van der Waals surface area contributed by atoms with E-state index in [1.165, 1.54) is 7.11 Å². The van der Waals surface area contributed by atoms with Crippen molar-refractivity contribution >= 4 is 27.7 Å². The highest BCUT2D eigenvalue weighted by Crippen LogP contribution is 2.41. The monoisotopic (exact) mass is 370 g/mol. The second-order valence-corrected chi connectivity index (χ2v) is 6.47. The summed E-state index contributed by atoms with van der Waals surface area (Å²) in [6.07, 6.45) is 0.864. The number of piperidine rings is 1. The average molecular weight is 371 g/mol. The Bertz CT molecular complexity index is 560. The molecule has 1 saturated heterocycles. The summed E-state index contributed by atoms with van der Waals surface area (Å²) in [4.78, 5) is 15.8. The van der Waals surface area contributed by atoms with Crippen LogP contribution in [0.25, 0.3) is 0 Å². The van der Waals surface area contributed by atoms with Gasteiger partial charge in [-0.2, -0.15) is 0 Å². The zero-order valence-electron chi connectivity index (χ0n) is 12.4. The number of carbonyl (C=O) groups excluding carboxylic acids is 1. The second kappa shape index (κ2) is 6.44. The summed E-state index contributed by atoms with van der Waals surface area (Å²) in [6.45, 7) is 1.77. The van der Waals surface area contributed by atoms with Gasteiger partial charge in [0.15, 0.2) is 0 Å². The first kappa shape index (κ1) is 15.6. The zero-order chi connectivity index (χ0) is 15.7. The molecule has 0 radical (unpaired) electrons. The van der Waals surface area contributed by atoms with Crippen LogP contribution in [0.1, 0.15) is 12.8 Å². The lowest BCUT2D eigenvalue weighted by atomic mass is 9.98. The molecule has 0 aliphatic carbocycles. The SMILES string of the molecule is COC(=O)N1c2ccc(Br)cc2OC1N1CCC(CO)CC1. The van der Waals surface area contributed by atoms with E-state index in [9.17, 15) is 9.90 Å². The van der Waals surface area contributed by atoms with Crippen LogP contribution in [-0.2, 0) is 4.74 Å². The molecule has 2 aliphatic heterocycles. The number of amides is 1. The van der Waals surface area contributed by atoms with Crippen molar-refractivity contribution in [2.24, 2.45) is 5.92 Å². The Balaban J connectivity index is 1.83. The number of ether oxygens (including phenoxy) is 2. The van der Waals surface area contributed by atoms with Gasteiger partial charge < -0.3 is 14.6 Å². The van der Waals surface area contributed by atoms with Crippen LogP contribution in [0.2, 0.25) is 0 Å². The first-order valence-corrected chi connectivity index (χ1v) is 8.11. The number of fused-ring (bicyclic) bond motifs is 1. The molecule has 1 atom stereocenters. The molecular weight excluding hydrogens is 352 g/mol. The molecule has 0 aromatic heterocycles. The molecule has 120 valence electrons. The molecule has 22 heavy (non-hydrogen) atoms. The van der Waals surface area contributed by atoms with Gasteiger partial charge in [-0.3, -0.25) is 0 Å². The Labute approximate surface area is 137 Å². The lowest BCUT2D eigenvalue weighted by Crippen LogP contribution is -2.54. The third-order valence-corrected chi connectivity index (χ3v) is 4.72. The normalized spacial score (nSPS) is 22.3. The standard InChI is InChI=1S/C15H19BrN2O4/c1-21-15(20)18-12-3-2-11(16)8-13(12)22-14(18)17-6-4-10(9-19)5-7-17/h2-3,8,10,14,19H,4-7,9H2,1H3. The maximum atomic E-state index is 12.2. The van der Waals surface area contributed by atoms with Crippen molar-refractivity contribution in [2.75, 3.05) is 31.7 Å². The number of carbonyl (C=O) groups is 1. The largest absolute Gasteiger partial charge is 0.454 e. The maximum absolute atomic E-state index is 12.2. The van der Waals surface area contributed by atoms with Crippen molar-refractivity contribution in [1.29, 1.82) is 0 Å². The predicted molar refractivity (Wildman–Crippen MR) is 84.8 cm³/mol. The van der Waals surface area contributed by atoms with E-state index in [1.54, 1.807) is 4.90 Å². The molecule has 0 bridgehead atoms. The molecule has 6 nitrogen and oxygen atoms in total. The predicted octanol–water partition coefficient (Wildman–Crippen LogP) is 2.40. The van der Waals surface area contributed by atoms with E-state index in [0.717, 1.165) is 30.4 Å². The average Bonchev–Trinajstić information content (AvgIpc) is 2.92. The van der Waals surface area contributed by atoms with E-state index < -0.39 is 12.4 Å². The quantitative estimate of drug-likeness (QED) is 0.865. The van der Waals surface area contributed by atoms with Gasteiger partial charge in [0.05, 0.1) is 12.8 Å². The van der Waals surface area contributed by atoms with Crippen LogP contribution in [0, 0.1) is 5.92 Å². The molecule has 1 amide bonds. The van der Waals surface area contributed by atoms with Crippen molar-refractivity contribution in [1.82, 2.24) is 4.90 Å². The molecule has 2 heterocycles. The van der Waals surface area contributed by atoms with E-state index in [2.05, 4.69) is 20.8 Å². The molecule has 0 saturated carbocycles. The molecule has 1 unspecified atom stereocenters. The van der Waals surface area contributed by atoms with Gasteiger partial charge in [0.2, 0.25) is 6.35 Å². The minimum absolute atomic E-state index is 0.216. The Morgan fingerprint density at radius 3 is 2.82 bits per heavy atom. The number of aliphatic hydroxyl groups is 1. The fourth-order valence-corrected chi connectivity index (χ4v) is 3.29. The third kappa shape index (κ3) is 2.80. The van der Waals surface area contributed by atoms with Gasteiger partial charge in [-0.1, -0.05) is 15.9 Å². The fraction of sp³-hybridized carbons (Fsp3) is 0.533. The van der Waals surface area contributed by atoms with E-state index >= 15 is 0 Å². The van der Waals surface area contributed by atoms with Crippen LogP contribution in [-0.4, -0.2) is 49.3 Å². The van der Waals surface area contributed by atoms with Crippen molar-refractivity contribution in [2.45, 2.75) is 19.2 Å². The van der Waals surface area contributed by atoms with Crippen molar-refractivity contribution < 1.29 is 19.4 Å². The lowest BCUT2D eigenvalue weighted by Gasteiger charge is -2.37. The van der Waals surface area contributed by atoms with Gasteiger partial charge in [-0.05, 0) is 37.0 Å². The highest BCUT2D eigenvalue weighted by molar-refractivity contribution is 9.10. The number of hydrogen-bond acceptors (Lipinski definition) is 5. The van der Waals surface area contributed by atoms with Crippen LogP contribution in [0.5, 0.6) is 5.75 Å². The summed E-state index contributed by atoms with van der Waals surface area (Å²) in [7, 11) is 1.37. The van der Waals surface area contributed by atoms with Crippen LogP contribution in [0.15, 0.2) is 22.7 Å². The van der Waals surface area contributed by atoms with Crippen molar-refractivity contribution in [3.8, 4) is 5.75 Å². The smallest absolute Gasteiger partial charge is 0.418 e. The summed E-state index contributed by atoms with van der Waals surface area (Å²) in [5, 5.41) is 9.25. The Morgan fingerprint density at radius 2 is 2.18 bits per heavy atom. The number of nitrogens with zero attached hydrogens (tertiary/aromatic N) is 2. The van der Waals surface area contributed by atoms with Crippen LogP contribution >= 0.6 is 15.9 Å². The number of hydrogen-bond donors (Lipinski definition) is 1. The number of rotatable bonds is 2. The van der Waals surface area contributed by atoms with Gasteiger partial charge in [-0.25, -0.2) is 14.6 Å². The first-order chi connectivity index (χ1) is 10.6. The van der Waals surface area contributed by atoms with Crippen molar-refractivity contribution in [3.05, 3.63) is 22.7 Å². The number of likely N-dealkylation sites (tertiary alicyclic amines) is 1. The highest BCUT2D eigenvalue weighted by Gasteiger charge is 2.41. The fourth-order valence-electron chi connectivity index (χ4n) is 2.95. The zero-order valence-corrected chi connectivity index (χ0v) is 14.0. The minimum Gasteiger partial charge on any atom is -0.454 e. The van der Waals surface area contributed by atoms with Gasteiger partial charge in [0, 0.05) is 24.2 Å². The second-order valence-electron chi connectivity index (χ2n) is 5.56. The van der Waals surface area contributed by atoms with E-state index in [4.69, 9.17) is 9.47 Å². The van der Waals surface area contributed by atoms with Gasteiger partial charge >= 0.3 is 6.09 Å². The number of benzene rings is 1. The lowest BCUT2D eigenvalue weighted by molar-refractivity contribution is 0.00649. The molecule has 2 aliphatic rings. The number of methoxy groups -OCH3 is 1. The van der Waals surface area contributed by atoms with Gasteiger partial charge in [0.1, 0.15) is 5.75 Å². The Hall–Kier alpha value is -1.31. The van der Waals surface area contributed by atoms with Crippen LogP contribution in [0.4, 0.5) is 10.5 Å². The summed E-state index contributed by atoms with van der Waals surface area (Å²) in [5.74, 6) is 0.995. The maximum Gasteiger partial charge on any atom is 0.418 e. The van der Waals surface area contributed by atoms with E-state index in [1.807, 2.05) is 18.2 Å². The number of aliphatic hydroxyl groups excluding tert-OH is 1. The third-order valence-electron chi connectivity index (χ3n) is 4.23. The first-order valence-electron chi connectivity index (χ1n) is 7.32. The summed E-state index contributed by atoms with van der Waals surface area (Å²) < 4.78 is 11.8. The topological polar surface area (TPSA) is 62.2 Å². The number of halogens is 1. The summed E-state index contributed by atoms with van der Waals surface area (Å²) >= 11 is 3.42. The minimum atomic E-state index is -0.489. The Morgan fingerprint density at radius 1 is 1.45 bits per heavy atom. The van der Waals surface area contributed by atoms with Crippen molar-refractivity contribution in [3.63, 3.8) is 0 Å². The van der Waals surface area contributed by atoms with Crippen LogP contribution in [0.3, 0.4) is 0 Å². The van der Waals surface area contributed by atoms with Crippen LogP contribution < -0.4 is 9.64 Å². The Kier molecular flexibility index (Phi) is 4.56. The van der Waals surface area contributed by atoms with Gasteiger partial charge in [-0.15, -0.1) is 0 Å². The number of anilines is 1. The molecule has 7 heteroatoms.